The third-order valence-electron chi connectivity index (χ3n) is 2.45. The van der Waals surface area contributed by atoms with Crippen molar-refractivity contribution in [3.8, 4) is 11.8 Å². The molecule has 17 heavy (non-hydrogen) atoms. The molecule has 1 nitrogen and oxygen atoms in total. The molecule has 2 heteroatoms. The molecular weight excluding hydrogens is 274 g/mol. The Bertz CT molecular complexity index is 591. The van der Waals surface area contributed by atoms with Crippen LogP contribution in [0.1, 0.15) is 20.8 Å². The molecule has 0 aliphatic carbocycles. The first kappa shape index (κ1) is 12.3. The average Bonchev–Trinajstić information content (AvgIpc) is 2.59. The molecule has 0 atom stereocenters. The number of hydrogen-bond donors (Lipinski definition) is 0. The maximum atomic E-state index is 3.50. The summed E-state index contributed by atoms with van der Waals surface area (Å²) in [4.78, 5) is 0. The van der Waals surface area contributed by atoms with E-state index in [9.17, 15) is 0 Å². The highest BCUT2D eigenvalue weighted by Crippen LogP contribution is 2.20. The molecule has 0 bridgehead atoms. The molecule has 0 aliphatic rings. The highest BCUT2D eigenvalue weighted by atomic mass is 79.9. The maximum Gasteiger partial charge on any atom is 0.0837 e. The van der Waals surface area contributed by atoms with Gasteiger partial charge in [-0.2, -0.15) is 0 Å². The topological polar surface area (TPSA) is 4.93 Å². The number of halogens is 1. The molecule has 1 aromatic heterocycles. The summed E-state index contributed by atoms with van der Waals surface area (Å²) in [6.07, 6.45) is 2.09. The Kier molecular flexibility index (Phi) is 3.31. The van der Waals surface area contributed by atoms with E-state index in [1.165, 1.54) is 10.9 Å². The Morgan fingerprint density at radius 1 is 1.24 bits per heavy atom. The van der Waals surface area contributed by atoms with Crippen molar-refractivity contribution in [2.45, 2.75) is 27.3 Å². The van der Waals surface area contributed by atoms with E-state index in [2.05, 4.69) is 83.6 Å². The van der Waals surface area contributed by atoms with E-state index in [0.717, 1.165) is 11.0 Å². The van der Waals surface area contributed by atoms with Crippen LogP contribution in [0.3, 0.4) is 0 Å². The van der Waals surface area contributed by atoms with Gasteiger partial charge >= 0.3 is 0 Å². The molecule has 0 saturated carbocycles. The lowest BCUT2D eigenvalue weighted by molar-refractivity contribution is 0.569. The van der Waals surface area contributed by atoms with E-state index in [-0.39, 0.29) is 5.41 Å². The number of nitrogens with zero attached hydrogens (tertiary/aromatic N) is 1. The standard InChI is InChI=1S/C15H16BrN/c1-15(2,3)8-4-9-17-10-7-12-5-6-13(16)11-14(12)17/h5-7,10-11H,9H2,1-3H3. The monoisotopic (exact) mass is 289 g/mol. The van der Waals surface area contributed by atoms with Crippen molar-refractivity contribution in [2.24, 2.45) is 5.41 Å². The lowest BCUT2D eigenvalue weighted by Gasteiger charge is -2.07. The Hall–Kier alpha value is -1.20. The number of rotatable bonds is 1. The van der Waals surface area contributed by atoms with Crippen LogP contribution in [-0.2, 0) is 6.54 Å². The van der Waals surface area contributed by atoms with Gasteiger partial charge in [-0.3, -0.25) is 0 Å². The van der Waals surface area contributed by atoms with Crippen LogP contribution in [0.25, 0.3) is 10.9 Å². The average molecular weight is 290 g/mol. The molecule has 1 heterocycles. The Morgan fingerprint density at radius 3 is 2.71 bits per heavy atom. The van der Waals surface area contributed by atoms with Crippen molar-refractivity contribution in [1.29, 1.82) is 0 Å². The highest BCUT2D eigenvalue weighted by Gasteiger charge is 2.04. The molecule has 2 rings (SSSR count). The quantitative estimate of drug-likeness (QED) is 0.684. The fourth-order valence-electron chi connectivity index (χ4n) is 1.68. The summed E-state index contributed by atoms with van der Waals surface area (Å²) in [7, 11) is 0. The second-order valence-electron chi connectivity index (χ2n) is 5.20. The van der Waals surface area contributed by atoms with Gasteiger partial charge in [-0.15, -0.1) is 0 Å². The van der Waals surface area contributed by atoms with Gasteiger partial charge in [-0.1, -0.05) is 33.8 Å². The lowest BCUT2D eigenvalue weighted by Crippen LogP contribution is -2.01. The zero-order chi connectivity index (χ0) is 12.5. The minimum atomic E-state index is 0.0730. The van der Waals surface area contributed by atoms with E-state index < -0.39 is 0 Å². The van der Waals surface area contributed by atoms with Crippen LogP contribution in [0.4, 0.5) is 0 Å². The fourth-order valence-corrected chi connectivity index (χ4v) is 2.03. The van der Waals surface area contributed by atoms with Crippen molar-refractivity contribution in [3.63, 3.8) is 0 Å². The highest BCUT2D eigenvalue weighted by molar-refractivity contribution is 9.10. The Labute approximate surface area is 111 Å². The van der Waals surface area contributed by atoms with Gasteiger partial charge < -0.3 is 4.57 Å². The SMILES string of the molecule is CC(C)(C)C#CCn1ccc2ccc(Br)cc21. The van der Waals surface area contributed by atoms with Gasteiger partial charge in [0.15, 0.2) is 0 Å². The maximum absolute atomic E-state index is 3.50. The van der Waals surface area contributed by atoms with E-state index in [1.54, 1.807) is 0 Å². The summed E-state index contributed by atoms with van der Waals surface area (Å²) in [5.74, 6) is 6.49. The molecule has 0 saturated heterocycles. The van der Waals surface area contributed by atoms with E-state index >= 15 is 0 Å². The normalized spacial score (nSPS) is 11.3. The molecule has 0 N–H and O–H groups in total. The number of hydrogen-bond acceptors (Lipinski definition) is 0. The Morgan fingerprint density at radius 2 is 2.00 bits per heavy atom. The minimum Gasteiger partial charge on any atom is -0.336 e. The first-order chi connectivity index (χ1) is 7.96. The van der Waals surface area contributed by atoms with Gasteiger partial charge in [-0.25, -0.2) is 0 Å². The zero-order valence-corrected chi connectivity index (χ0v) is 12.0. The second-order valence-corrected chi connectivity index (χ2v) is 6.11. The molecule has 0 spiro atoms. The largest absolute Gasteiger partial charge is 0.336 e. The van der Waals surface area contributed by atoms with Crippen LogP contribution in [0.15, 0.2) is 34.9 Å². The van der Waals surface area contributed by atoms with Crippen LogP contribution in [0.2, 0.25) is 0 Å². The summed E-state index contributed by atoms with van der Waals surface area (Å²) < 4.78 is 3.28. The zero-order valence-electron chi connectivity index (χ0n) is 10.4. The third-order valence-corrected chi connectivity index (χ3v) is 2.94. The summed E-state index contributed by atoms with van der Waals surface area (Å²) in [6, 6.07) is 8.44. The van der Waals surface area contributed by atoms with Crippen molar-refractivity contribution >= 4 is 26.8 Å². The van der Waals surface area contributed by atoms with Gasteiger partial charge in [0, 0.05) is 21.6 Å². The summed E-state index contributed by atoms with van der Waals surface area (Å²) in [5.41, 5.74) is 1.30. The first-order valence-corrected chi connectivity index (χ1v) is 6.49. The minimum absolute atomic E-state index is 0.0730. The molecule has 0 radical (unpaired) electrons. The summed E-state index contributed by atoms with van der Waals surface area (Å²) in [6.45, 7) is 7.14. The number of aromatic nitrogens is 1. The summed E-state index contributed by atoms with van der Waals surface area (Å²) >= 11 is 3.50. The van der Waals surface area contributed by atoms with Crippen LogP contribution >= 0.6 is 15.9 Å². The van der Waals surface area contributed by atoms with Gasteiger partial charge in [0.25, 0.3) is 0 Å². The number of benzene rings is 1. The van der Waals surface area contributed by atoms with E-state index in [1.807, 2.05) is 0 Å². The van der Waals surface area contributed by atoms with Crippen molar-refractivity contribution in [2.75, 3.05) is 0 Å². The van der Waals surface area contributed by atoms with Crippen LogP contribution in [-0.4, -0.2) is 4.57 Å². The number of fused-ring (bicyclic) bond motifs is 1. The summed E-state index contributed by atoms with van der Waals surface area (Å²) in [5, 5.41) is 1.26. The molecule has 2 aromatic rings. The van der Waals surface area contributed by atoms with Crippen molar-refractivity contribution in [1.82, 2.24) is 4.57 Å². The predicted octanol–water partition coefficient (Wildman–Crippen LogP) is 4.45. The Balaban J connectivity index is 2.30. The molecule has 1 aromatic carbocycles. The van der Waals surface area contributed by atoms with Gasteiger partial charge in [0.1, 0.15) is 0 Å². The molecular formula is C15H16BrN. The van der Waals surface area contributed by atoms with Gasteiger partial charge in [0.2, 0.25) is 0 Å². The van der Waals surface area contributed by atoms with Crippen molar-refractivity contribution < 1.29 is 0 Å². The third kappa shape index (κ3) is 3.14. The van der Waals surface area contributed by atoms with Gasteiger partial charge in [-0.05, 0) is 44.4 Å². The molecule has 0 aliphatic heterocycles. The predicted molar refractivity (Wildman–Crippen MR) is 76.9 cm³/mol. The van der Waals surface area contributed by atoms with Crippen LogP contribution in [0, 0.1) is 17.3 Å². The first-order valence-electron chi connectivity index (χ1n) is 5.70. The second kappa shape index (κ2) is 4.58. The fraction of sp³-hybridized carbons (Fsp3) is 0.333. The van der Waals surface area contributed by atoms with E-state index in [4.69, 9.17) is 0 Å². The molecule has 0 amide bonds. The van der Waals surface area contributed by atoms with E-state index in [0.29, 0.717) is 0 Å². The van der Waals surface area contributed by atoms with Crippen molar-refractivity contribution in [3.05, 3.63) is 34.9 Å². The van der Waals surface area contributed by atoms with Crippen LogP contribution < -0.4 is 0 Å². The lowest BCUT2D eigenvalue weighted by atomic mass is 9.98. The molecule has 0 unspecified atom stereocenters. The smallest absolute Gasteiger partial charge is 0.0837 e. The molecule has 0 fully saturated rings. The van der Waals surface area contributed by atoms with Crippen LogP contribution in [0.5, 0.6) is 0 Å². The molecule has 88 valence electrons. The van der Waals surface area contributed by atoms with Gasteiger partial charge in [0.05, 0.1) is 6.54 Å².